The highest BCUT2D eigenvalue weighted by Gasteiger charge is 2.40. The van der Waals surface area contributed by atoms with E-state index < -0.39 is 5.41 Å². The zero-order chi connectivity index (χ0) is 19.0. The van der Waals surface area contributed by atoms with Crippen LogP contribution < -0.4 is 15.4 Å². The van der Waals surface area contributed by atoms with Crippen LogP contribution in [0.2, 0.25) is 0 Å². The maximum Gasteiger partial charge on any atom is 0.225 e. The molecule has 0 saturated carbocycles. The highest BCUT2D eigenvalue weighted by molar-refractivity contribution is 5.82. The van der Waals surface area contributed by atoms with E-state index in [0.29, 0.717) is 13.2 Å². The molecule has 6 nitrogen and oxygen atoms in total. The molecule has 4 rings (SSSR count). The number of amides is 1. The lowest BCUT2D eigenvalue weighted by molar-refractivity contribution is -0.128. The number of rotatable bonds is 3. The summed E-state index contributed by atoms with van der Waals surface area (Å²) in [6, 6.07) is 8.10. The molecule has 2 aliphatic heterocycles. The molecule has 1 fully saturated rings. The molecule has 1 aromatic heterocycles. The van der Waals surface area contributed by atoms with Crippen LogP contribution in [0.25, 0.3) is 0 Å². The summed E-state index contributed by atoms with van der Waals surface area (Å²) in [5, 5.41) is 0. The molecular formula is C21H26N4O2. The number of anilines is 1. The molecule has 142 valence electrons. The number of aryl methyl sites for hydroxylation is 1. The van der Waals surface area contributed by atoms with Gasteiger partial charge in [-0.3, -0.25) is 4.79 Å². The van der Waals surface area contributed by atoms with E-state index in [2.05, 4.69) is 16.0 Å². The number of hydrogen-bond acceptors (Lipinski definition) is 5. The number of nitrogens with zero attached hydrogens (tertiary/aromatic N) is 3. The van der Waals surface area contributed by atoms with E-state index >= 15 is 0 Å². The minimum Gasteiger partial charge on any atom is -0.487 e. The fourth-order valence-corrected chi connectivity index (χ4v) is 4.30. The van der Waals surface area contributed by atoms with Crippen LogP contribution in [-0.4, -0.2) is 29.0 Å². The third-order valence-electron chi connectivity index (χ3n) is 5.96. The zero-order valence-electron chi connectivity index (χ0n) is 16.0. The first kappa shape index (κ1) is 17.8. The number of para-hydroxylation sites is 1. The van der Waals surface area contributed by atoms with Crippen LogP contribution in [0.3, 0.4) is 0 Å². The van der Waals surface area contributed by atoms with E-state index in [4.69, 9.17) is 15.5 Å². The van der Waals surface area contributed by atoms with Crippen molar-refractivity contribution in [3.05, 3.63) is 46.9 Å². The largest absolute Gasteiger partial charge is 0.487 e. The summed E-state index contributed by atoms with van der Waals surface area (Å²) in [5.41, 5.74) is 8.48. The van der Waals surface area contributed by atoms with Crippen molar-refractivity contribution in [2.45, 2.75) is 46.1 Å². The Hall–Kier alpha value is -2.63. The second-order valence-corrected chi connectivity index (χ2v) is 7.62. The van der Waals surface area contributed by atoms with Gasteiger partial charge >= 0.3 is 0 Å². The molecule has 6 heteroatoms. The Morgan fingerprint density at radius 1 is 1.33 bits per heavy atom. The number of carbonyl (C=O) groups excluding carboxylic acids is 1. The van der Waals surface area contributed by atoms with Gasteiger partial charge in [-0.2, -0.15) is 0 Å². The van der Waals surface area contributed by atoms with Crippen LogP contribution in [0, 0.1) is 12.3 Å². The number of hydrogen-bond donors (Lipinski definition) is 1. The van der Waals surface area contributed by atoms with Crippen LogP contribution in [0.5, 0.6) is 5.75 Å². The van der Waals surface area contributed by atoms with Gasteiger partial charge in [-0.15, -0.1) is 0 Å². The molecule has 0 aliphatic carbocycles. The number of primary amides is 1. The molecule has 2 aromatic rings. The van der Waals surface area contributed by atoms with Gasteiger partial charge in [0.25, 0.3) is 0 Å². The first-order chi connectivity index (χ1) is 13.0. The van der Waals surface area contributed by atoms with E-state index in [1.165, 1.54) is 0 Å². The van der Waals surface area contributed by atoms with Crippen molar-refractivity contribution >= 4 is 11.7 Å². The van der Waals surface area contributed by atoms with Gasteiger partial charge in [0.15, 0.2) is 0 Å². The van der Waals surface area contributed by atoms with Crippen molar-refractivity contribution in [2.24, 2.45) is 11.1 Å². The number of ether oxygens (including phenoxy) is 1. The van der Waals surface area contributed by atoms with Gasteiger partial charge in [0.1, 0.15) is 24.0 Å². The standard InChI is InChI=1S/C21H26N4O2/c1-3-21(20(22)26)9-6-10-25(13-21)19-16-11-15-7-4-5-8-18(15)27-12-17(16)23-14(2)24-19/h4-5,7-8H,3,6,9-13H2,1-2H3,(H2,22,26). The number of benzene rings is 1. The van der Waals surface area contributed by atoms with E-state index in [1.54, 1.807) is 0 Å². The Balaban J connectivity index is 1.76. The van der Waals surface area contributed by atoms with Crippen LogP contribution >= 0.6 is 0 Å². The smallest absolute Gasteiger partial charge is 0.225 e. The molecule has 27 heavy (non-hydrogen) atoms. The van der Waals surface area contributed by atoms with E-state index in [-0.39, 0.29) is 5.91 Å². The van der Waals surface area contributed by atoms with Crippen LogP contribution in [0.4, 0.5) is 5.82 Å². The average molecular weight is 366 g/mol. The summed E-state index contributed by atoms with van der Waals surface area (Å²) in [6.07, 6.45) is 3.25. The molecule has 1 amide bonds. The molecule has 3 heterocycles. The van der Waals surface area contributed by atoms with Crippen molar-refractivity contribution in [3.8, 4) is 5.75 Å². The SMILES string of the molecule is CCC1(C(N)=O)CCCN(c2nc(C)nc3c2Cc2ccccc2OC3)C1. The maximum atomic E-state index is 12.2. The van der Waals surface area contributed by atoms with Gasteiger partial charge in [-0.1, -0.05) is 25.1 Å². The van der Waals surface area contributed by atoms with Crippen LogP contribution in [0.15, 0.2) is 24.3 Å². The first-order valence-electron chi connectivity index (χ1n) is 9.64. The molecule has 1 aromatic carbocycles. The Morgan fingerprint density at radius 2 is 2.15 bits per heavy atom. The maximum absolute atomic E-state index is 12.2. The molecule has 0 radical (unpaired) electrons. The van der Waals surface area contributed by atoms with Crippen molar-refractivity contribution in [1.29, 1.82) is 0 Å². The molecule has 1 atom stereocenters. The number of carbonyl (C=O) groups is 1. The second kappa shape index (κ2) is 6.83. The molecular weight excluding hydrogens is 340 g/mol. The minimum atomic E-state index is -0.483. The van der Waals surface area contributed by atoms with Crippen LogP contribution in [0.1, 0.15) is 48.8 Å². The molecule has 0 bridgehead atoms. The van der Waals surface area contributed by atoms with Gasteiger partial charge < -0.3 is 15.4 Å². The highest BCUT2D eigenvalue weighted by atomic mass is 16.5. The Morgan fingerprint density at radius 3 is 2.93 bits per heavy atom. The molecule has 2 aliphatic rings. The molecule has 2 N–H and O–H groups in total. The topological polar surface area (TPSA) is 81.3 Å². The molecule has 0 spiro atoms. The fourth-order valence-electron chi connectivity index (χ4n) is 4.30. The number of fused-ring (bicyclic) bond motifs is 2. The predicted octanol–water partition coefficient (Wildman–Crippen LogP) is 2.75. The summed E-state index contributed by atoms with van der Waals surface area (Å²) in [7, 11) is 0. The van der Waals surface area contributed by atoms with Gasteiger partial charge in [0.2, 0.25) is 5.91 Å². The van der Waals surface area contributed by atoms with E-state index in [0.717, 1.165) is 66.4 Å². The van der Waals surface area contributed by atoms with Gasteiger partial charge in [0.05, 0.1) is 11.1 Å². The summed E-state index contributed by atoms with van der Waals surface area (Å²) >= 11 is 0. The first-order valence-corrected chi connectivity index (χ1v) is 9.64. The number of piperidine rings is 1. The Labute approximate surface area is 159 Å². The lowest BCUT2D eigenvalue weighted by atomic mass is 9.77. The van der Waals surface area contributed by atoms with E-state index in [9.17, 15) is 4.79 Å². The predicted molar refractivity (Wildman–Crippen MR) is 104 cm³/mol. The lowest BCUT2D eigenvalue weighted by Gasteiger charge is -2.41. The zero-order valence-corrected chi connectivity index (χ0v) is 16.0. The van der Waals surface area contributed by atoms with Crippen molar-refractivity contribution < 1.29 is 9.53 Å². The van der Waals surface area contributed by atoms with E-state index in [1.807, 2.05) is 32.0 Å². The molecule has 1 saturated heterocycles. The average Bonchev–Trinajstić information content (AvgIpc) is 2.86. The Kier molecular flexibility index (Phi) is 4.50. The van der Waals surface area contributed by atoms with Gasteiger partial charge in [-0.05, 0) is 37.8 Å². The summed E-state index contributed by atoms with van der Waals surface area (Å²) in [4.78, 5) is 23.9. The van der Waals surface area contributed by atoms with Gasteiger partial charge in [0, 0.05) is 25.1 Å². The summed E-state index contributed by atoms with van der Waals surface area (Å²) in [6.45, 7) is 5.88. The highest BCUT2D eigenvalue weighted by Crippen LogP contribution is 2.38. The molecule has 1 unspecified atom stereocenters. The lowest BCUT2D eigenvalue weighted by Crippen LogP contribution is -2.50. The third-order valence-corrected chi connectivity index (χ3v) is 5.96. The number of aromatic nitrogens is 2. The monoisotopic (exact) mass is 366 g/mol. The Bertz CT molecular complexity index is 882. The quantitative estimate of drug-likeness (QED) is 0.903. The normalized spacial score (nSPS) is 21.6. The van der Waals surface area contributed by atoms with Crippen LogP contribution in [-0.2, 0) is 17.8 Å². The van der Waals surface area contributed by atoms with Crippen molar-refractivity contribution in [3.63, 3.8) is 0 Å². The van der Waals surface area contributed by atoms with Gasteiger partial charge in [-0.25, -0.2) is 9.97 Å². The summed E-state index contributed by atoms with van der Waals surface area (Å²) in [5.74, 6) is 2.35. The number of nitrogens with two attached hydrogens (primary N) is 1. The summed E-state index contributed by atoms with van der Waals surface area (Å²) < 4.78 is 5.99. The van der Waals surface area contributed by atoms with Crippen molar-refractivity contribution in [2.75, 3.05) is 18.0 Å². The fraction of sp³-hybridized carbons (Fsp3) is 0.476. The third kappa shape index (κ3) is 3.13. The second-order valence-electron chi connectivity index (χ2n) is 7.62. The minimum absolute atomic E-state index is 0.208. The van der Waals surface area contributed by atoms with Crippen molar-refractivity contribution in [1.82, 2.24) is 9.97 Å².